The highest BCUT2D eigenvalue weighted by molar-refractivity contribution is 14.0. The van der Waals surface area contributed by atoms with Crippen LogP contribution in [-0.4, -0.2) is 63.6 Å². The maximum Gasteiger partial charge on any atom is 0.193 e. The lowest BCUT2D eigenvalue weighted by Crippen LogP contribution is -2.52. The molecular formula is C19H32IN3O3S. The van der Waals surface area contributed by atoms with E-state index in [0.717, 1.165) is 6.54 Å². The van der Waals surface area contributed by atoms with E-state index in [1.54, 1.807) is 20.9 Å². The minimum atomic E-state index is -3.16. The zero-order valence-electron chi connectivity index (χ0n) is 17.1. The molecule has 1 atom stereocenters. The van der Waals surface area contributed by atoms with Gasteiger partial charge >= 0.3 is 0 Å². The van der Waals surface area contributed by atoms with Crippen molar-refractivity contribution >= 4 is 39.8 Å². The summed E-state index contributed by atoms with van der Waals surface area (Å²) >= 11 is 0. The summed E-state index contributed by atoms with van der Waals surface area (Å²) < 4.78 is 29.0. The van der Waals surface area contributed by atoms with E-state index in [2.05, 4.69) is 47.3 Å². The largest absolute Gasteiger partial charge is 0.370 e. The molecular weight excluding hydrogens is 477 g/mol. The lowest BCUT2D eigenvalue weighted by Gasteiger charge is -2.36. The third kappa shape index (κ3) is 6.05. The lowest BCUT2D eigenvalue weighted by atomic mass is 10.00. The van der Waals surface area contributed by atoms with Crippen molar-refractivity contribution < 1.29 is 13.2 Å². The Hall–Kier alpha value is -0.870. The van der Waals surface area contributed by atoms with Crippen LogP contribution in [0.5, 0.6) is 0 Å². The first-order valence-electron chi connectivity index (χ1n) is 8.89. The van der Waals surface area contributed by atoms with Crippen LogP contribution in [0.4, 0.5) is 0 Å². The lowest BCUT2D eigenvalue weighted by molar-refractivity contribution is -0.00833. The summed E-state index contributed by atoms with van der Waals surface area (Å²) in [6.45, 7) is 9.95. The van der Waals surface area contributed by atoms with Crippen LogP contribution in [0.2, 0.25) is 0 Å². The summed E-state index contributed by atoms with van der Waals surface area (Å²) in [5.74, 6) is 0.708. The molecule has 0 bridgehead atoms. The second-order valence-electron chi connectivity index (χ2n) is 7.60. The number of nitrogens with zero attached hydrogens (tertiary/aromatic N) is 2. The number of aryl methyl sites for hydroxylation is 2. The third-order valence-corrected chi connectivity index (χ3v) is 7.18. The number of morpholine rings is 1. The number of hydrogen-bond acceptors (Lipinski definition) is 4. The summed E-state index contributed by atoms with van der Waals surface area (Å²) in [7, 11) is -1.44. The van der Waals surface area contributed by atoms with Crippen molar-refractivity contribution in [3.05, 3.63) is 34.9 Å². The Morgan fingerprint density at radius 2 is 2.04 bits per heavy atom. The molecule has 0 amide bonds. The molecule has 154 valence electrons. The van der Waals surface area contributed by atoms with Gasteiger partial charge in [-0.2, -0.15) is 0 Å². The Kier molecular flexibility index (Phi) is 8.55. The molecule has 1 N–H and O–H groups in total. The number of guanidine groups is 1. The van der Waals surface area contributed by atoms with Crippen LogP contribution in [0.1, 0.15) is 36.6 Å². The predicted octanol–water partition coefficient (Wildman–Crippen LogP) is 2.69. The SMILES string of the molecule is CN=C(NCC(C)(C)S(C)(=O)=O)N1CCOC(c2ccc(C)cc2C)C1.I. The van der Waals surface area contributed by atoms with Gasteiger partial charge in [0.25, 0.3) is 0 Å². The summed E-state index contributed by atoms with van der Waals surface area (Å²) in [6.07, 6.45) is 1.24. The average molecular weight is 509 g/mol. The maximum absolute atomic E-state index is 11.9. The molecule has 1 aromatic rings. The monoisotopic (exact) mass is 509 g/mol. The minimum absolute atomic E-state index is 0. The number of halogens is 1. The van der Waals surface area contributed by atoms with Gasteiger partial charge in [-0.25, -0.2) is 8.42 Å². The predicted molar refractivity (Wildman–Crippen MR) is 122 cm³/mol. The van der Waals surface area contributed by atoms with Crippen molar-refractivity contribution in [1.82, 2.24) is 10.2 Å². The van der Waals surface area contributed by atoms with Crippen molar-refractivity contribution in [3.8, 4) is 0 Å². The van der Waals surface area contributed by atoms with Gasteiger partial charge in [-0.05, 0) is 38.8 Å². The van der Waals surface area contributed by atoms with Gasteiger partial charge in [-0.15, -0.1) is 24.0 Å². The van der Waals surface area contributed by atoms with Gasteiger partial charge in [-0.1, -0.05) is 23.8 Å². The van der Waals surface area contributed by atoms with Crippen LogP contribution < -0.4 is 5.32 Å². The van der Waals surface area contributed by atoms with E-state index in [1.165, 1.54) is 22.9 Å². The molecule has 1 unspecified atom stereocenters. The van der Waals surface area contributed by atoms with Crippen LogP contribution in [0, 0.1) is 13.8 Å². The van der Waals surface area contributed by atoms with Crippen LogP contribution in [-0.2, 0) is 14.6 Å². The number of ether oxygens (including phenoxy) is 1. The van der Waals surface area contributed by atoms with E-state index < -0.39 is 14.6 Å². The van der Waals surface area contributed by atoms with E-state index in [9.17, 15) is 8.42 Å². The summed E-state index contributed by atoms with van der Waals surface area (Å²) in [5.41, 5.74) is 3.64. The molecule has 0 spiro atoms. The van der Waals surface area contributed by atoms with Crippen molar-refractivity contribution in [2.75, 3.05) is 39.5 Å². The van der Waals surface area contributed by atoms with E-state index in [-0.39, 0.29) is 30.1 Å². The standard InChI is InChI=1S/C19H31N3O3S.HI/c1-14-7-8-16(15(2)11-14)17-12-22(9-10-25-17)18(20-5)21-13-19(3,4)26(6,23)24;/h7-8,11,17H,9-10,12-13H2,1-6H3,(H,20,21);1H. The highest BCUT2D eigenvalue weighted by Gasteiger charge is 2.31. The van der Waals surface area contributed by atoms with E-state index in [1.807, 2.05) is 0 Å². The molecule has 6 nitrogen and oxygen atoms in total. The van der Waals surface area contributed by atoms with Gasteiger partial charge in [0.15, 0.2) is 15.8 Å². The molecule has 1 aliphatic rings. The van der Waals surface area contributed by atoms with Crippen LogP contribution >= 0.6 is 24.0 Å². The first-order valence-corrected chi connectivity index (χ1v) is 10.8. The Labute approximate surface area is 180 Å². The van der Waals surface area contributed by atoms with Crippen LogP contribution in [0.15, 0.2) is 23.2 Å². The Morgan fingerprint density at radius 1 is 1.37 bits per heavy atom. The number of benzene rings is 1. The van der Waals surface area contributed by atoms with Gasteiger partial charge in [0, 0.05) is 26.4 Å². The van der Waals surface area contributed by atoms with Crippen molar-refractivity contribution in [1.29, 1.82) is 0 Å². The molecule has 0 aromatic heterocycles. The molecule has 1 saturated heterocycles. The minimum Gasteiger partial charge on any atom is -0.370 e. The van der Waals surface area contributed by atoms with Crippen molar-refractivity contribution in [3.63, 3.8) is 0 Å². The van der Waals surface area contributed by atoms with E-state index in [0.29, 0.717) is 25.7 Å². The molecule has 1 fully saturated rings. The maximum atomic E-state index is 11.9. The van der Waals surface area contributed by atoms with Gasteiger partial charge in [0.2, 0.25) is 0 Å². The van der Waals surface area contributed by atoms with Gasteiger partial charge < -0.3 is 15.0 Å². The topological polar surface area (TPSA) is 71.0 Å². The van der Waals surface area contributed by atoms with Gasteiger partial charge in [0.1, 0.15) is 6.10 Å². The average Bonchev–Trinajstić information content (AvgIpc) is 2.54. The molecule has 27 heavy (non-hydrogen) atoms. The molecule has 1 aliphatic heterocycles. The summed E-state index contributed by atoms with van der Waals surface area (Å²) in [4.78, 5) is 6.47. The molecule has 1 aromatic carbocycles. The van der Waals surface area contributed by atoms with Crippen LogP contribution in [0.25, 0.3) is 0 Å². The highest BCUT2D eigenvalue weighted by Crippen LogP contribution is 2.26. The number of aliphatic imine (C=N–C) groups is 1. The smallest absolute Gasteiger partial charge is 0.193 e. The molecule has 2 rings (SSSR count). The number of hydrogen-bond donors (Lipinski definition) is 1. The third-order valence-electron chi connectivity index (χ3n) is 5.03. The van der Waals surface area contributed by atoms with Crippen LogP contribution in [0.3, 0.4) is 0 Å². The number of rotatable bonds is 4. The Balaban J connectivity index is 0.00000364. The fraction of sp³-hybridized carbons (Fsp3) is 0.632. The normalized spacial score (nSPS) is 18.8. The summed E-state index contributed by atoms with van der Waals surface area (Å²) in [6, 6.07) is 6.40. The van der Waals surface area contributed by atoms with E-state index in [4.69, 9.17) is 4.74 Å². The molecule has 8 heteroatoms. The van der Waals surface area contributed by atoms with E-state index >= 15 is 0 Å². The number of sulfone groups is 1. The second kappa shape index (κ2) is 9.56. The quantitative estimate of drug-likeness (QED) is 0.384. The first kappa shape index (κ1) is 24.2. The zero-order valence-corrected chi connectivity index (χ0v) is 20.2. The van der Waals surface area contributed by atoms with Crippen molar-refractivity contribution in [2.45, 2.75) is 38.5 Å². The molecule has 0 aliphatic carbocycles. The molecule has 0 radical (unpaired) electrons. The zero-order chi connectivity index (χ0) is 19.5. The fourth-order valence-corrected chi connectivity index (χ4v) is 3.31. The Bertz CT molecular complexity index is 778. The van der Waals surface area contributed by atoms with Gasteiger partial charge in [0.05, 0.1) is 17.9 Å². The number of nitrogens with one attached hydrogen (secondary N) is 1. The first-order chi connectivity index (χ1) is 12.0. The van der Waals surface area contributed by atoms with Crippen molar-refractivity contribution in [2.24, 2.45) is 4.99 Å². The molecule has 1 heterocycles. The summed E-state index contributed by atoms with van der Waals surface area (Å²) in [5, 5.41) is 3.22. The fourth-order valence-electron chi connectivity index (χ4n) is 2.97. The highest BCUT2D eigenvalue weighted by atomic mass is 127. The second-order valence-corrected chi connectivity index (χ2v) is 10.2. The van der Waals surface area contributed by atoms with Gasteiger partial charge in [-0.3, -0.25) is 4.99 Å². The molecule has 0 saturated carbocycles. The Morgan fingerprint density at radius 3 is 2.59 bits per heavy atom.